The van der Waals surface area contributed by atoms with Crippen LogP contribution in [0.15, 0.2) is 66.7 Å². The van der Waals surface area contributed by atoms with Crippen molar-refractivity contribution >= 4 is 17.8 Å². The van der Waals surface area contributed by atoms with Crippen LogP contribution in [0.1, 0.15) is 39.4 Å². The van der Waals surface area contributed by atoms with Gasteiger partial charge in [-0.1, -0.05) is 18.2 Å². The number of fused-ring (bicyclic) bond motifs is 3. The topological polar surface area (TPSA) is 85.7 Å². The lowest BCUT2D eigenvalue weighted by atomic mass is 9.84. The first-order valence-electron chi connectivity index (χ1n) is 9.11. The molecule has 2 aliphatic rings. The maximum atomic E-state index is 12.9. The zero-order valence-corrected chi connectivity index (χ0v) is 15.2. The van der Waals surface area contributed by atoms with Crippen molar-refractivity contribution in [1.29, 1.82) is 0 Å². The number of benzene rings is 2. The molecule has 3 aromatic rings. The highest BCUT2D eigenvalue weighted by Crippen LogP contribution is 2.49. The third kappa shape index (κ3) is 2.95. The lowest BCUT2D eigenvalue weighted by Gasteiger charge is -2.26. The van der Waals surface area contributed by atoms with E-state index in [2.05, 4.69) is 4.98 Å². The molecule has 0 saturated heterocycles. The normalized spacial score (nSPS) is 18.8. The Balaban J connectivity index is 1.64. The van der Waals surface area contributed by atoms with Crippen molar-refractivity contribution in [2.24, 2.45) is 0 Å². The summed E-state index contributed by atoms with van der Waals surface area (Å²) in [6, 6.07) is 13.5. The van der Waals surface area contributed by atoms with Crippen LogP contribution in [0.3, 0.4) is 0 Å². The highest BCUT2D eigenvalue weighted by atomic mass is 16.5. The number of carbonyl (C=O) groups is 2. The minimum atomic E-state index is -0.390. The van der Waals surface area contributed by atoms with E-state index in [1.54, 1.807) is 54.9 Å². The second-order valence-corrected chi connectivity index (χ2v) is 6.91. The Labute approximate surface area is 166 Å². The van der Waals surface area contributed by atoms with Gasteiger partial charge in [-0.3, -0.25) is 14.6 Å². The number of aromatic hydroxyl groups is 1. The highest BCUT2D eigenvalue weighted by Gasteiger charge is 2.38. The van der Waals surface area contributed by atoms with Crippen LogP contribution in [-0.4, -0.2) is 21.8 Å². The van der Waals surface area contributed by atoms with E-state index in [4.69, 9.17) is 9.47 Å². The van der Waals surface area contributed by atoms with E-state index in [1.807, 2.05) is 12.1 Å². The summed E-state index contributed by atoms with van der Waals surface area (Å²) in [6.07, 6.45) is 5.02. The summed E-state index contributed by atoms with van der Waals surface area (Å²) < 4.78 is 11.4. The number of hydrogen-bond acceptors (Lipinski definition) is 6. The lowest BCUT2D eigenvalue weighted by molar-refractivity contribution is -0.135. The fourth-order valence-electron chi connectivity index (χ4n) is 3.75. The zero-order chi connectivity index (χ0) is 20.0. The number of rotatable bonds is 2. The number of allylic oxidation sites excluding steroid dienone is 1. The van der Waals surface area contributed by atoms with Gasteiger partial charge in [0.25, 0.3) is 0 Å². The summed E-state index contributed by atoms with van der Waals surface area (Å²) >= 11 is 0. The van der Waals surface area contributed by atoms with Crippen molar-refractivity contribution in [3.63, 3.8) is 0 Å². The number of Topliss-reactive ketones (excluding diaryl/α,β-unsaturated/α-hetero) is 1. The summed E-state index contributed by atoms with van der Waals surface area (Å²) in [5.41, 5.74) is 2.54. The molecular weight excluding hydrogens is 370 g/mol. The van der Waals surface area contributed by atoms with Gasteiger partial charge in [-0.15, -0.1) is 0 Å². The van der Waals surface area contributed by atoms with Gasteiger partial charge >= 0.3 is 5.97 Å². The first kappa shape index (κ1) is 17.2. The quantitative estimate of drug-likeness (QED) is 0.410. The van der Waals surface area contributed by atoms with Gasteiger partial charge in [0.2, 0.25) is 5.78 Å². The van der Waals surface area contributed by atoms with E-state index in [0.29, 0.717) is 22.6 Å². The highest BCUT2D eigenvalue weighted by molar-refractivity contribution is 6.15. The summed E-state index contributed by atoms with van der Waals surface area (Å²) in [6.45, 7) is 0. The van der Waals surface area contributed by atoms with Crippen molar-refractivity contribution in [2.75, 3.05) is 0 Å². The number of aromatic nitrogens is 1. The molecule has 5 rings (SSSR count). The van der Waals surface area contributed by atoms with Gasteiger partial charge in [0.05, 0.1) is 12.0 Å². The average Bonchev–Trinajstić information content (AvgIpc) is 3.03. The van der Waals surface area contributed by atoms with Gasteiger partial charge in [-0.25, -0.2) is 0 Å². The Bertz CT molecular complexity index is 1180. The van der Waals surface area contributed by atoms with Crippen LogP contribution < -0.4 is 9.47 Å². The standard InChI is InChI=1S/C23H15NO5/c25-15-5-1-4-14(10-15)17-11-20(26)28-18-7-6-16-22(27)19(29-23(16)21(17)18)9-13-3-2-8-24-12-13/h1-10,12,17,25H,11H2/b19-9-/t17-/m1/s1. The molecule has 142 valence electrons. The molecule has 1 aromatic heterocycles. The van der Waals surface area contributed by atoms with Crippen molar-refractivity contribution in [3.05, 3.63) is 88.9 Å². The van der Waals surface area contributed by atoms with Crippen LogP contribution in [0.2, 0.25) is 0 Å². The van der Waals surface area contributed by atoms with E-state index >= 15 is 0 Å². The molecule has 6 nitrogen and oxygen atoms in total. The van der Waals surface area contributed by atoms with E-state index in [9.17, 15) is 14.7 Å². The number of pyridine rings is 1. The number of nitrogens with zero attached hydrogens (tertiary/aromatic N) is 1. The molecule has 0 bridgehead atoms. The predicted molar refractivity (Wildman–Crippen MR) is 104 cm³/mol. The summed E-state index contributed by atoms with van der Waals surface area (Å²) in [7, 11) is 0. The molecule has 2 aromatic carbocycles. The molecule has 2 aliphatic heterocycles. The maximum Gasteiger partial charge on any atom is 0.312 e. The molecule has 0 saturated carbocycles. The largest absolute Gasteiger partial charge is 0.508 e. The van der Waals surface area contributed by atoms with Gasteiger partial charge in [0.15, 0.2) is 5.76 Å². The van der Waals surface area contributed by atoms with E-state index in [-0.39, 0.29) is 35.6 Å². The number of ketones is 1. The molecule has 3 heterocycles. The van der Waals surface area contributed by atoms with Gasteiger partial charge in [-0.05, 0) is 47.5 Å². The molecular formula is C23H15NO5. The Hall–Kier alpha value is -3.93. The predicted octanol–water partition coefficient (Wildman–Crippen LogP) is 3.84. The number of phenols is 1. The fraction of sp³-hybridized carbons (Fsp3) is 0.0870. The Morgan fingerprint density at radius 3 is 2.76 bits per heavy atom. The van der Waals surface area contributed by atoms with E-state index < -0.39 is 0 Å². The van der Waals surface area contributed by atoms with Gasteiger partial charge in [0, 0.05) is 23.9 Å². The van der Waals surface area contributed by atoms with Crippen LogP contribution in [0.5, 0.6) is 17.2 Å². The molecule has 0 spiro atoms. The third-order valence-electron chi connectivity index (χ3n) is 5.03. The Morgan fingerprint density at radius 2 is 1.97 bits per heavy atom. The number of ether oxygens (including phenoxy) is 2. The molecule has 0 amide bonds. The molecule has 0 unspecified atom stereocenters. The second kappa shape index (κ2) is 6.60. The molecule has 0 radical (unpaired) electrons. The van der Waals surface area contributed by atoms with Crippen LogP contribution in [0.25, 0.3) is 6.08 Å². The maximum absolute atomic E-state index is 12.9. The summed E-state index contributed by atoms with van der Waals surface area (Å²) in [5, 5.41) is 9.88. The average molecular weight is 385 g/mol. The lowest BCUT2D eigenvalue weighted by Crippen LogP contribution is -2.21. The zero-order valence-electron chi connectivity index (χ0n) is 15.2. The van der Waals surface area contributed by atoms with Crippen LogP contribution in [0, 0.1) is 0 Å². The van der Waals surface area contributed by atoms with Crippen LogP contribution in [0.4, 0.5) is 0 Å². The van der Waals surface area contributed by atoms with Crippen LogP contribution in [-0.2, 0) is 4.79 Å². The Morgan fingerprint density at radius 1 is 1.07 bits per heavy atom. The molecule has 0 aliphatic carbocycles. The summed E-state index contributed by atoms with van der Waals surface area (Å²) in [5.74, 6) is 0.0447. The van der Waals surface area contributed by atoms with Crippen molar-refractivity contribution in [3.8, 4) is 17.2 Å². The van der Waals surface area contributed by atoms with Crippen molar-refractivity contribution in [1.82, 2.24) is 4.98 Å². The monoisotopic (exact) mass is 385 g/mol. The van der Waals surface area contributed by atoms with Crippen molar-refractivity contribution < 1.29 is 24.2 Å². The smallest absolute Gasteiger partial charge is 0.312 e. The first-order chi connectivity index (χ1) is 14.1. The number of carbonyl (C=O) groups excluding carboxylic acids is 2. The number of esters is 1. The minimum Gasteiger partial charge on any atom is -0.508 e. The molecule has 1 N–H and O–H groups in total. The molecule has 1 atom stereocenters. The van der Waals surface area contributed by atoms with Crippen molar-refractivity contribution in [2.45, 2.75) is 12.3 Å². The fourth-order valence-corrected chi connectivity index (χ4v) is 3.75. The third-order valence-corrected chi connectivity index (χ3v) is 5.03. The number of hydrogen-bond donors (Lipinski definition) is 1. The number of phenolic OH excluding ortho intramolecular Hbond substituents is 1. The minimum absolute atomic E-state index is 0.0894. The molecule has 6 heteroatoms. The van der Waals surface area contributed by atoms with Crippen LogP contribution >= 0.6 is 0 Å². The van der Waals surface area contributed by atoms with E-state index in [1.165, 1.54) is 0 Å². The SMILES string of the molecule is O=C1C[C@H](c2cccc(O)c2)c2c(ccc3c2O/C(=C\c2cccnc2)C3=O)O1. The second-order valence-electron chi connectivity index (χ2n) is 6.91. The van der Waals surface area contributed by atoms with Gasteiger partial charge in [0.1, 0.15) is 17.2 Å². The Kier molecular flexibility index (Phi) is 3.91. The van der Waals surface area contributed by atoms with Gasteiger partial charge < -0.3 is 14.6 Å². The van der Waals surface area contributed by atoms with Gasteiger partial charge in [-0.2, -0.15) is 0 Å². The molecule has 29 heavy (non-hydrogen) atoms. The molecule has 0 fully saturated rings. The first-order valence-corrected chi connectivity index (χ1v) is 9.11. The summed E-state index contributed by atoms with van der Waals surface area (Å²) in [4.78, 5) is 29.1. The van der Waals surface area contributed by atoms with E-state index in [0.717, 1.165) is 11.1 Å².